The fourth-order valence-electron chi connectivity index (χ4n) is 1.45. The van der Waals surface area contributed by atoms with Crippen molar-refractivity contribution in [3.05, 3.63) is 52.7 Å². The number of halogens is 1. The molecule has 6 heteroatoms. The topological polar surface area (TPSA) is 66.4 Å². The first-order valence-corrected chi connectivity index (χ1v) is 8.74. The third-order valence-corrected chi connectivity index (χ3v) is 5.15. The molecular formula is C15H20BrNO3S. The van der Waals surface area contributed by atoms with Gasteiger partial charge in [0, 0.05) is 4.48 Å². The monoisotopic (exact) mass is 373 g/mol. The van der Waals surface area contributed by atoms with Gasteiger partial charge in [-0.15, -0.1) is 0 Å². The number of hydrogen-bond donors (Lipinski definition) is 2. The molecule has 0 fully saturated rings. The zero-order chi connectivity index (χ0) is 16.3. The van der Waals surface area contributed by atoms with E-state index in [1.165, 1.54) is 18.2 Å². The Hall–Kier alpha value is -1.11. The van der Waals surface area contributed by atoms with Crippen LogP contribution >= 0.6 is 15.9 Å². The highest BCUT2D eigenvalue weighted by Crippen LogP contribution is 2.22. The van der Waals surface area contributed by atoms with Crippen molar-refractivity contribution in [2.75, 3.05) is 0 Å². The van der Waals surface area contributed by atoms with Crippen molar-refractivity contribution in [2.45, 2.75) is 37.7 Å². The summed E-state index contributed by atoms with van der Waals surface area (Å²) in [6, 6.07) is 6.52. The smallest absolute Gasteiger partial charge is 0.261 e. The van der Waals surface area contributed by atoms with Crippen LogP contribution in [-0.4, -0.2) is 19.1 Å². The zero-order valence-electron chi connectivity index (χ0n) is 12.4. The highest BCUT2D eigenvalue weighted by atomic mass is 79.9. The number of benzene rings is 1. The Kier molecular flexibility index (Phi) is 5.78. The maximum Gasteiger partial charge on any atom is 0.261 e. The Labute approximate surface area is 134 Å². The van der Waals surface area contributed by atoms with E-state index in [1.54, 1.807) is 19.1 Å². The van der Waals surface area contributed by atoms with Crippen molar-refractivity contribution in [1.29, 1.82) is 0 Å². The molecule has 116 valence electrons. The molecule has 21 heavy (non-hydrogen) atoms. The molecule has 0 heterocycles. The SMILES string of the molecule is C=C(NS(=O)(=O)c1ccc(C)cc1)/C(Br)=C\C(C)(O)CC. The maximum absolute atomic E-state index is 12.2. The van der Waals surface area contributed by atoms with Gasteiger partial charge in [-0.05, 0) is 54.4 Å². The number of allylic oxidation sites excluding steroid dienone is 1. The van der Waals surface area contributed by atoms with E-state index in [4.69, 9.17) is 0 Å². The fraction of sp³-hybridized carbons (Fsp3) is 0.333. The first-order chi connectivity index (χ1) is 9.57. The molecule has 1 aromatic carbocycles. The molecule has 0 saturated carbocycles. The van der Waals surface area contributed by atoms with Crippen molar-refractivity contribution >= 4 is 26.0 Å². The van der Waals surface area contributed by atoms with Gasteiger partial charge in [-0.3, -0.25) is 4.72 Å². The quantitative estimate of drug-likeness (QED) is 0.752. The molecule has 0 bridgehead atoms. The first-order valence-electron chi connectivity index (χ1n) is 6.47. The van der Waals surface area contributed by atoms with Crippen molar-refractivity contribution < 1.29 is 13.5 Å². The van der Waals surface area contributed by atoms with Crippen molar-refractivity contribution in [3.63, 3.8) is 0 Å². The molecule has 0 aliphatic heterocycles. The minimum Gasteiger partial charge on any atom is -0.386 e. The Morgan fingerprint density at radius 2 is 1.95 bits per heavy atom. The molecule has 0 aliphatic rings. The molecule has 0 amide bonds. The fourth-order valence-corrected chi connectivity index (χ4v) is 3.22. The summed E-state index contributed by atoms with van der Waals surface area (Å²) in [7, 11) is -3.69. The summed E-state index contributed by atoms with van der Waals surface area (Å²) in [6.45, 7) is 9.03. The van der Waals surface area contributed by atoms with E-state index in [2.05, 4.69) is 27.2 Å². The normalized spacial score (nSPS) is 15.4. The molecule has 1 aromatic rings. The van der Waals surface area contributed by atoms with Crippen LogP contribution in [0.15, 0.2) is 52.0 Å². The van der Waals surface area contributed by atoms with Gasteiger partial charge in [0.2, 0.25) is 0 Å². The van der Waals surface area contributed by atoms with Gasteiger partial charge in [-0.1, -0.05) is 31.2 Å². The molecule has 4 nitrogen and oxygen atoms in total. The van der Waals surface area contributed by atoms with E-state index in [1.807, 2.05) is 13.8 Å². The predicted molar refractivity (Wildman–Crippen MR) is 88.6 cm³/mol. The summed E-state index contributed by atoms with van der Waals surface area (Å²) in [4.78, 5) is 0.164. The lowest BCUT2D eigenvalue weighted by molar-refractivity contribution is 0.107. The predicted octanol–water partition coefficient (Wildman–Crippen LogP) is 3.23. The average Bonchev–Trinajstić information content (AvgIpc) is 2.38. The Morgan fingerprint density at radius 1 is 1.43 bits per heavy atom. The average molecular weight is 374 g/mol. The lowest BCUT2D eigenvalue weighted by atomic mass is 10.0. The number of hydrogen-bond acceptors (Lipinski definition) is 3. The van der Waals surface area contributed by atoms with Crippen LogP contribution in [0.25, 0.3) is 0 Å². The van der Waals surface area contributed by atoms with Crippen LogP contribution in [0.2, 0.25) is 0 Å². The van der Waals surface area contributed by atoms with E-state index in [0.717, 1.165) is 5.56 Å². The molecule has 0 aliphatic carbocycles. The van der Waals surface area contributed by atoms with E-state index < -0.39 is 15.6 Å². The van der Waals surface area contributed by atoms with Crippen LogP contribution in [0.5, 0.6) is 0 Å². The van der Waals surface area contributed by atoms with Gasteiger partial charge in [-0.25, -0.2) is 8.42 Å². The van der Waals surface area contributed by atoms with Crippen molar-refractivity contribution in [3.8, 4) is 0 Å². The molecule has 2 N–H and O–H groups in total. The standard InChI is InChI=1S/C15H20BrNO3S/c1-5-15(4,18)10-14(16)12(3)17-21(19,20)13-8-6-11(2)7-9-13/h6-10,17-18H,3,5H2,1-2,4H3/b14-10+. The maximum atomic E-state index is 12.2. The van der Waals surface area contributed by atoms with Crippen LogP contribution in [0, 0.1) is 6.92 Å². The molecule has 1 rings (SSSR count). The van der Waals surface area contributed by atoms with Gasteiger partial charge < -0.3 is 5.11 Å². The molecule has 0 saturated heterocycles. The molecule has 0 spiro atoms. The highest BCUT2D eigenvalue weighted by molar-refractivity contribution is 9.12. The number of aliphatic hydroxyl groups is 1. The minimum atomic E-state index is -3.69. The number of sulfonamides is 1. The second-order valence-corrected chi connectivity index (χ2v) is 7.64. The van der Waals surface area contributed by atoms with Crippen molar-refractivity contribution in [2.24, 2.45) is 0 Å². The Bertz CT molecular complexity index is 646. The van der Waals surface area contributed by atoms with Crippen LogP contribution in [0.4, 0.5) is 0 Å². The van der Waals surface area contributed by atoms with Crippen LogP contribution in [0.1, 0.15) is 25.8 Å². The first kappa shape index (κ1) is 17.9. The highest BCUT2D eigenvalue weighted by Gasteiger charge is 2.19. The molecular weight excluding hydrogens is 354 g/mol. The third-order valence-electron chi connectivity index (χ3n) is 3.03. The van der Waals surface area contributed by atoms with E-state index in [-0.39, 0.29) is 10.6 Å². The molecule has 1 unspecified atom stereocenters. The van der Waals surface area contributed by atoms with Crippen LogP contribution in [-0.2, 0) is 10.0 Å². The van der Waals surface area contributed by atoms with Gasteiger partial charge in [0.1, 0.15) is 0 Å². The van der Waals surface area contributed by atoms with Gasteiger partial charge in [-0.2, -0.15) is 0 Å². The lowest BCUT2D eigenvalue weighted by Gasteiger charge is -2.18. The van der Waals surface area contributed by atoms with Gasteiger partial charge >= 0.3 is 0 Å². The van der Waals surface area contributed by atoms with Crippen LogP contribution < -0.4 is 4.72 Å². The summed E-state index contributed by atoms with van der Waals surface area (Å²) in [6.07, 6.45) is 2.02. The second kappa shape index (κ2) is 6.77. The summed E-state index contributed by atoms with van der Waals surface area (Å²) in [5, 5.41) is 9.96. The number of nitrogens with one attached hydrogen (secondary N) is 1. The van der Waals surface area contributed by atoms with Gasteiger partial charge in [0.05, 0.1) is 16.2 Å². The minimum absolute atomic E-state index is 0.164. The largest absolute Gasteiger partial charge is 0.386 e. The molecule has 0 aromatic heterocycles. The van der Waals surface area contributed by atoms with Gasteiger partial charge in [0.15, 0.2) is 0 Å². The van der Waals surface area contributed by atoms with Gasteiger partial charge in [0.25, 0.3) is 10.0 Å². The van der Waals surface area contributed by atoms with Crippen LogP contribution in [0.3, 0.4) is 0 Å². The summed E-state index contributed by atoms with van der Waals surface area (Å²) in [5.74, 6) is 0. The van der Waals surface area contributed by atoms with E-state index in [9.17, 15) is 13.5 Å². The summed E-state index contributed by atoms with van der Waals surface area (Å²) < 4.78 is 27.2. The number of aryl methyl sites for hydroxylation is 1. The lowest BCUT2D eigenvalue weighted by Crippen LogP contribution is -2.25. The second-order valence-electron chi connectivity index (χ2n) is 5.10. The zero-order valence-corrected chi connectivity index (χ0v) is 14.8. The Balaban J connectivity index is 2.94. The number of rotatable bonds is 6. The van der Waals surface area contributed by atoms with E-state index >= 15 is 0 Å². The molecule has 0 radical (unpaired) electrons. The summed E-state index contributed by atoms with van der Waals surface area (Å²) in [5.41, 5.74) is 0.119. The molecule has 1 atom stereocenters. The third kappa shape index (κ3) is 5.30. The summed E-state index contributed by atoms with van der Waals surface area (Å²) >= 11 is 3.23. The Morgan fingerprint density at radius 3 is 2.43 bits per heavy atom. The van der Waals surface area contributed by atoms with Crippen molar-refractivity contribution in [1.82, 2.24) is 4.72 Å². The van der Waals surface area contributed by atoms with E-state index in [0.29, 0.717) is 10.9 Å².